The summed E-state index contributed by atoms with van der Waals surface area (Å²) in [5.41, 5.74) is 6.71. The Morgan fingerprint density at radius 3 is 2.65 bits per heavy atom. The van der Waals surface area contributed by atoms with E-state index in [4.69, 9.17) is 15.2 Å². The van der Waals surface area contributed by atoms with Gasteiger partial charge in [-0.05, 0) is 18.4 Å². The molecule has 0 unspecified atom stereocenters. The lowest BCUT2D eigenvalue weighted by Crippen LogP contribution is -2.34. The summed E-state index contributed by atoms with van der Waals surface area (Å²) >= 11 is 0. The summed E-state index contributed by atoms with van der Waals surface area (Å²) in [6.07, 6.45) is 1.78. The van der Waals surface area contributed by atoms with E-state index in [0.717, 1.165) is 18.4 Å². The highest BCUT2D eigenvalue weighted by Crippen LogP contribution is 2.09. The van der Waals surface area contributed by atoms with E-state index in [1.165, 1.54) is 0 Å². The van der Waals surface area contributed by atoms with Crippen molar-refractivity contribution in [1.82, 2.24) is 5.32 Å². The zero-order valence-corrected chi connectivity index (χ0v) is 12.0. The van der Waals surface area contributed by atoms with Gasteiger partial charge in [-0.1, -0.05) is 30.3 Å². The maximum atomic E-state index is 11.8. The fourth-order valence-electron chi connectivity index (χ4n) is 1.71. The highest BCUT2D eigenvalue weighted by molar-refractivity contribution is 5.82. The molecule has 3 N–H and O–H groups in total. The molecule has 0 aliphatic rings. The van der Waals surface area contributed by atoms with Crippen LogP contribution in [0.5, 0.6) is 0 Å². The van der Waals surface area contributed by atoms with Gasteiger partial charge in [0, 0.05) is 20.3 Å². The van der Waals surface area contributed by atoms with Crippen LogP contribution in [0.1, 0.15) is 24.4 Å². The number of nitrogens with two attached hydrogens (primary N) is 1. The second kappa shape index (κ2) is 10.4. The van der Waals surface area contributed by atoms with E-state index in [9.17, 15) is 4.79 Å². The van der Waals surface area contributed by atoms with E-state index >= 15 is 0 Å². The highest BCUT2D eigenvalue weighted by atomic mass is 16.5. The molecule has 5 nitrogen and oxygen atoms in total. The molecule has 0 radical (unpaired) electrons. The first-order valence-electron chi connectivity index (χ1n) is 6.90. The van der Waals surface area contributed by atoms with Crippen molar-refractivity contribution in [2.75, 3.05) is 33.5 Å². The average Bonchev–Trinajstić information content (AvgIpc) is 2.50. The van der Waals surface area contributed by atoms with Crippen molar-refractivity contribution in [1.29, 1.82) is 0 Å². The molecule has 1 rings (SSSR count). The molecule has 0 bridgehead atoms. The minimum Gasteiger partial charge on any atom is -0.382 e. The lowest BCUT2D eigenvalue weighted by molar-refractivity contribution is -0.122. The second-order valence-corrected chi connectivity index (χ2v) is 4.49. The van der Waals surface area contributed by atoms with Crippen molar-refractivity contribution in [2.24, 2.45) is 5.73 Å². The van der Waals surface area contributed by atoms with Gasteiger partial charge in [0.05, 0.1) is 13.2 Å². The number of carbonyl (C=O) groups is 1. The molecule has 0 saturated heterocycles. The van der Waals surface area contributed by atoms with Crippen LogP contribution in [0.3, 0.4) is 0 Å². The summed E-state index contributed by atoms with van der Waals surface area (Å²) in [6, 6.07) is 8.76. The van der Waals surface area contributed by atoms with Crippen LogP contribution in [0.25, 0.3) is 0 Å². The third kappa shape index (κ3) is 6.65. The van der Waals surface area contributed by atoms with Gasteiger partial charge in [0.1, 0.15) is 6.04 Å². The van der Waals surface area contributed by atoms with Crippen LogP contribution < -0.4 is 11.1 Å². The Morgan fingerprint density at radius 1 is 1.20 bits per heavy atom. The molecule has 20 heavy (non-hydrogen) atoms. The largest absolute Gasteiger partial charge is 0.382 e. The predicted molar refractivity (Wildman–Crippen MR) is 78.3 cm³/mol. The molecular weight excluding hydrogens is 256 g/mol. The second-order valence-electron chi connectivity index (χ2n) is 4.49. The molecule has 0 spiro atoms. The third-order valence-corrected chi connectivity index (χ3v) is 2.89. The standard InChI is InChI=1S/C15H24N2O3/c1-19-11-12-20-10-6-5-9-17-15(18)14(16)13-7-3-2-4-8-13/h2-4,7-8,14H,5-6,9-12,16H2,1H3,(H,17,18)/t14-/m0/s1. The minimum absolute atomic E-state index is 0.142. The normalized spacial score (nSPS) is 12.1. The molecule has 0 heterocycles. The summed E-state index contributed by atoms with van der Waals surface area (Å²) in [5, 5.41) is 2.84. The lowest BCUT2D eigenvalue weighted by atomic mass is 10.1. The average molecular weight is 280 g/mol. The van der Waals surface area contributed by atoms with E-state index in [0.29, 0.717) is 26.4 Å². The first-order valence-corrected chi connectivity index (χ1v) is 6.90. The molecule has 0 fully saturated rings. The van der Waals surface area contributed by atoms with Gasteiger partial charge in [-0.15, -0.1) is 0 Å². The van der Waals surface area contributed by atoms with Crippen molar-refractivity contribution in [3.63, 3.8) is 0 Å². The molecule has 1 amide bonds. The molecule has 5 heteroatoms. The van der Waals surface area contributed by atoms with Gasteiger partial charge < -0.3 is 20.5 Å². The minimum atomic E-state index is -0.603. The fourth-order valence-corrected chi connectivity index (χ4v) is 1.71. The van der Waals surface area contributed by atoms with Crippen molar-refractivity contribution in [2.45, 2.75) is 18.9 Å². The number of unbranched alkanes of at least 4 members (excludes halogenated alkanes) is 1. The summed E-state index contributed by atoms with van der Waals surface area (Å²) < 4.78 is 10.2. The van der Waals surface area contributed by atoms with Gasteiger partial charge in [0.15, 0.2) is 0 Å². The number of hydrogen-bond acceptors (Lipinski definition) is 4. The molecule has 0 aliphatic carbocycles. The molecular formula is C15H24N2O3. The number of amides is 1. The van der Waals surface area contributed by atoms with Gasteiger partial charge in [-0.3, -0.25) is 4.79 Å². The SMILES string of the molecule is COCCOCCCCNC(=O)[C@@H](N)c1ccccc1. The van der Waals surface area contributed by atoms with E-state index in [2.05, 4.69) is 5.32 Å². The maximum absolute atomic E-state index is 11.8. The molecule has 0 aliphatic heterocycles. The summed E-state index contributed by atoms with van der Waals surface area (Å²) in [7, 11) is 1.65. The summed E-state index contributed by atoms with van der Waals surface area (Å²) in [6.45, 7) is 2.53. The molecule has 1 aromatic rings. The number of benzene rings is 1. The van der Waals surface area contributed by atoms with E-state index in [1.807, 2.05) is 30.3 Å². The number of rotatable bonds is 10. The van der Waals surface area contributed by atoms with Gasteiger partial charge >= 0.3 is 0 Å². The zero-order valence-electron chi connectivity index (χ0n) is 12.0. The van der Waals surface area contributed by atoms with Gasteiger partial charge in [0.2, 0.25) is 5.91 Å². The smallest absolute Gasteiger partial charge is 0.241 e. The Bertz CT molecular complexity index is 371. The number of hydrogen-bond donors (Lipinski definition) is 2. The predicted octanol–water partition coefficient (Wildman–Crippen LogP) is 1.25. The molecule has 1 aromatic carbocycles. The summed E-state index contributed by atoms with van der Waals surface area (Å²) in [5.74, 6) is -0.142. The van der Waals surface area contributed by atoms with Crippen molar-refractivity contribution in [3.05, 3.63) is 35.9 Å². The van der Waals surface area contributed by atoms with E-state index in [-0.39, 0.29) is 5.91 Å². The van der Waals surface area contributed by atoms with Crippen LogP contribution in [0.15, 0.2) is 30.3 Å². The van der Waals surface area contributed by atoms with Crippen LogP contribution in [0.4, 0.5) is 0 Å². The Morgan fingerprint density at radius 2 is 1.95 bits per heavy atom. The van der Waals surface area contributed by atoms with Gasteiger partial charge in [0.25, 0.3) is 0 Å². The van der Waals surface area contributed by atoms with Gasteiger partial charge in [-0.25, -0.2) is 0 Å². The number of methoxy groups -OCH3 is 1. The van der Waals surface area contributed by atoms with E-state index in [1.54, 1.807) is 7.11 Å². The Hall–Kier alpha value is -1.43. The zero-order chi connectivity index (χ0) is 14.6. The Labute approximate surface area is 120 Å². The van der Waals surface area contributed by atoms with Crippen LogP contribution in [-0.2, 0) is 14.3 Å². The first-order chi connectivity index (χ1) is 9.75. The molecule has 0 aromatic heterocycles. The Kier molecular flexibility index (Phi) is 8.62. The van der Waals surface area contributed by atoms with Crippen LogP contribution in [-0.4, -0.2) is 39.4 Å². The first kappa shape index (κ1) is 16.6. The van der Waals surface area contributed by atoms with Crippen LogP contribution in [0, 0.1) is 0 Å². The van der Waals surface area contributed by atoms with Crippen molar-refractivity contribution < 1.29 is 14.3 Å². The van der Waals surface area contributed by atoms with Crippen molar-refractivity contribution in [3.8, 4) is 0 Å². The van der Waals surface area contributed by atoms with Gasteiger partial charge in [-0.2, -0.15) is 0 Å². The quantitative estimate of drug-likeness (QED) is 0.633. The van der Waals surface area contributed by atoms with Crippen LogP contribution in [0.2, 0.25) is 0 Å². The Balaban J connectivity index is 2.08. The fraction of sp³-hybridized carbons (Fsp3) is 0.533. The molecule has 0 saturated carbocycles. The molecule has 1 atom stereocenters. The number of ether oxygens (including phenoxy) is 2. The number of carbonyl (C=O) groups excluding carboxylic acids is 1. The van der Waals surface area contributed by atoms with E-state index < -0.39 is 6.04 Å². The monoisotopic (exact) mass is 280 g/mol. The maximum Gasteiger partial charge on any atom is 0.241 e. The topological polar surface area (TPSA) is 73.6 Å². The molecule has 112 valence electrons. The van der Waals surface area contributed by atoms with Crippen LogP contribution >= 0.6 is 0 Å². The third-order valence-electron chi connectivity index (χ3n) is 2.89. The summed E-state index contributed by atoms with van der Waals surface area (Å²) in [4.78, 5) is 11.8. The number of nitrogens with one attached hydrogen (secondary N) is 1. The van der Waals surface area contributed by atoms with Crippen molar-refractivity contribution >= 4 is 5.91 Å². The lowest BCUT2D eigenvalue weighted by Gasteiger charge is -2.12. The highest BCUT2D eigenvalue weighted by Gasteiger charge is 2.14.